The van der Waals surface area contributed by atoms with E-state index in [1.54, 1.807) is 10.8 Å². The van der Waals surface area contributed by atoms with E-state index in [2.05, 4.69) is 20.1 Å². The van der Waals surface area contributed by atoms with Crippen LogP contribution in [0.25, 0.3) is 0 Å². The lowest BCUT2D eigenvalue weighted by Gasteiger charge is -2.27. The number of morpholine rings is 2. The summed E-state index contributed by atoms with van der Waals surface area (Å²) in [6.07, 6.45) is 1.80. The van der Waals surface area contributed by atoms with Crippen LogP contribution in [-0.4, -0.2) is 78.6 Å². The van der Waals surface area contributed by atoms with Crippen LogP contribution in [-0.2, 0) is 16.1 Å². The Morgan fingerprint density at radius 1 is 1.05 bits per heavy atom. The van der Waals surface area contributed by atoms with Crippen LogP contribution in [0.15, 0.2) is 17.1 Å². The molecule has 1 aromatic rings. The molecule has 2 fully saturated rings. The monoisotopic (exact) mass is 309 g/mol. The summed E-state index contributed by atoms with van der Waals surface area (Å²) in [5.74, 6) is 0.620. The highest BCUT2D eigenvalue weighted by molar-refractivity contribution is 5.31. The second-order valence-corrected chi connectivity index (χ2v) is 5.50. The van der Waals surface area contributed by atoms with Gasteiger partial charge in [0.15, 0.2) is 0 Å². The van der Waals surface area contributed by atoms with Crippen molar-refractivity contribution in [3.8, 4) is 0 Å². The molecule has 8 nitrogen and oxygen atoms in total. The maximum absolute atomic E-state index is 12.1. The summed E-state index contributed by atoms with van der Waals surface area (Å²) in [5.41, 5.74) is -0.224. The molecule has 0 bridgehead atoms. The second-order valence-electron chi connectivity index (χ2n) is 5.50. The summed E-state index contributed by atoms with van der Waals surface area (Å²) >= 11 is 0. The first kappa shape index (κ1) is 15.4. The van der Waals surface area contributed by atoms with E-state index in [1.165, 1.54) is 0 Å². The quantitative estimate of drug-likeness (QED) is 0.766. The zero-order valence-corrected chi connectivity index (χ0v) is 12.7. The highest BCUT2D eigenvalue weighted by atomic mass is 16.5. The van der Waals surface area contributed by atoms with Gasteiger partial charge in [-0.25, -0.2) is 4.79 Å². The Hall–Kier alpha value is -1.48. The average molecular weight is 309 g/mol. The molecule has 3 heterocycles. The topological polar surface area (TPSA) is 71.9 Å². The summed E-state index contributed by atoms with van der Waals surface area (Å²) < 4.78 is 12.2. The van der Waals surface area contributed by atoms with Gasteiger partial charge in [0.25, 0.3) is 0 Å². The van der Waals surface area contributed by atoms with Crippen molar-refractivity contribution in [2.24, 2.45) is 0 Å². The number of hydrogen-bond donors (Lipinski definition) is 1. The van der Waals surface area contributed by atoms with Gasteiger partial charge in [-0.15, -0.1) is 0 Å². The highest BCUT2D eigenvalue weighted by Crippen LogP contribution is 2.02. The maximum Gasteiger partial charge on any atom is 0.350 e. The molecule has 0 saturated carbocycles. The Kier molecular flexibility index (Phi) is 5.38. The molecule has 0 unspecified atom stereocenters. The maximum atomic E-state index is 12.1. The minimum atomic E-state index is -0.224. The van der Waals surface area contributed by atoms with Crippen molar-refractivity contribution in [2.45, 2.75) is 6.67 Å². The van der Waals surface area contributed by atoms with E-state index < -0.39 is 0 Å². The summed E-state index contributed by atoms with van der Waals surface area (Å²) in [6, 6.07) is 1.85. The van der Waals surface area contributed by atoms with Crippen LogP contribution in [0.1, 0.15) is 0 Å². The summed E-state index contributed by atoms with van der Waals surface area (Å²) in [5, 5.41) is 3.20. The van der Waals surface area contributed by atoms with E-state index in [4.69, 9.17) is 9.47 Å². The Morgan fingerprint density at radius 2 is 1.68 bits per heavy atom. The molecule has 2 aliphatic heterocycles. The fourth-order valence-electron chi connectivity index (χ4n) is 2.55. The van der Waals surface area contributed by atoms with Crippen LogP contribution in [0.5, 0.6) is 0 Å². The predicted molar refractivity (Wildman–Crippen MR) is 81.8 cm³/mol. The van der Waals surface area contributed by atoms with E-state index in [-0.39, 0.29) is 5.69 Å². The first-order valence-corrected chi connectivity index (χ1v) is 7.73. The molecule has 3 rings (SSSR count). The second kappa shape index (κ2) is 7.68. The Balaban J connectivity index is 1.53. The predicted octanol–water partition coefficient (Wildman–Crippen LogP) is -0.765. The van der Waals surface area contributed by atoms with Gasteiger partial charge in [-0.05, 0) is 6.07 Å². The van der Waals surface area contributed by atoms with Crippen molar-refractivity contribution in [1.29, 1.82) is 0 Å². The van der Waals surface area contributed by atoms with Gasteiger partial charge in [0.2, 0.25) is 0 Å². The van der Waals surface area contributed by atoms with Gasteiger partial charge in [0, 0.05) is 32.4 Å². The molecule has 0 atom stereocenters. The first-order valence-electron chi connectivity index (χ1n) is 7.73. The minimum Gasteiger partial charge on any atom is -0.379 e. The molecule has 2 saturated heterocycles. The lowest BCUT2D eigenvalue weighted by molar-refractivity contribution is 0.0226. The van der Waals surface area contributed by atoms with E-state index in [9.17, 15) is 4.79 Å². The van der Waals surface area contributed by atoms with E-state index >= 15 is 0 Å². The largest absolute Gasteiger partial charge is 0.379 e. The van der Waals surface area contributed by atoms with Crippen molar-refractivity contribution in [1.82, 2.24) is 19.4 Å². The van der Waals surface area contributed by atoms with E-state index in [1.807, 2.05) is 6.07 Å². The lowest BCUT2D eigenvalue weighted by Crippen LogP contribution is -2.41. The molecule has 0 radical (unpaired) electrons. The molecule has 1 N–H and O–H groups in total. The van der Waals surface area contributed by atoms with Crippen LogP contribution in [0.2, 0.25) is 0 Å². The number of rotatable bonds is 5. The van der Waals surface area contributed by atoms with Gasteiger partial charge in [-0.1, -0.05) is 0 Å². The Labute approximate surface area is 129 Å². The lowest BCUT2D eigenvalue weighted by atomic mass is 10.4. The smallest absolute Gasteiger partial charge is 0.350 e. The fraction of sp³-hybridized carbons (Fsp3) is 0.714. The van der Waals surface area contributed by atoms with Crippen molar-refractivity contribution in [3.63, 3.8) is 0 Å². The van der Waals surface area contributed by atoms with Crippen molar-refractivity contribution < 1.29 is 9.47 Å². The first-order chi connectivity index (χ1) is 10.8. The Bertz CT molecular complexity index is 523. The molecule has 2 aliphatic rings. The van der Waals surface area contributed by atoms with Crippen LogP contribution in [0.3, 0.4) is 0 Å². The minimum absolute atomic E-state index is 0.224. The normalized spacial score (nSPS) is 20.9. The van der Waals surface area contributed by atoms with Gasteiger partial charge in [0.05, 0.1) is 39.8 Å². The highest BCUT2D eigenvalue weighted by Gasteiger charge is 2.12. The molecule has 0 aromatic carbocycles. The molecule has 8 heteroatoms. The fourth-order valence-corrected chi connectivity index (χ4v) is 2.55. The van der Waals surface area contributed by atoms with E-state index in [0.717, 1.165) is 52.6 Å². The summed E-state index contributed by atoms with van der Waals surface area (Å²) in [7, 11) is 0. The standard InChI is InChI=1S/C14H23N5O3/c20-14-16-13(15-11-17-3-7-21-8-4-17)1-2-19(14)12-18-5-9-22-10-6-18/h1-2H,3-12H2,(H,15,16,20). The van der Waals surface area contributed by atoms with Crippen LogP contribution >= 0.6 is 0 Å². The summed E-state index contributed by atoms with van der Waals surface area (Å²) in [6.45, 7) is 7.73. The SMILES string of the molecule is O=c1nc(NCN2CCOCC2)ccn1CN1CCOCC1. The zero-order valence-electron chi connectivity index (χ0n) is 12.7. The van der Waals surface area contributed by atoms with Crippen LogP contribution < -0.4 is 11.0 Å². The number of nitrogens with one attached hydrogen (secondary N) is 1. The molecule has 0 aliphatic carbocycles. The van der Waals surface area contributed by atoms with Crippen LogP contribution in [0, 0.1) is 0 Å². The third-order valence-electron chi connectivity index (χ3n) is 3.92. The van der Waals surface area contributed by atoms with Gasteiger partial charge < -0.3 is 14.8 Å². The molecular formula is C14H23N5O3. The van der Waals surface area contributed by atoms with Gasteiger partial charge >= 0.3 is 5.69 Å². The number of ether oxygens (including phenoxy) is 2. The number of nitrogens with zero attached hydrogens (tertiary/aromatic N) is 4. The molecule has 22 heavy (non-hydrogen) atoms. The van der Waals surface area contributed by atoms with Crippen LogP contribution in [0.4, 0.5) is 5.82 Å². The molecule has 122 valence electrons. The van der Waals surface area contributed by atoms with Crippen molar-refractivity contribution >= 4 is 5.82 Å². The van der Waals surface area contributed by atoms with Crippen molar-refractivity contribution in [3.05, 3.63) is 22.7 Å². The molecule has 0 spiro atoms. The van der Waals surface area contributed by atoms with E-state index in [0.29, 0.717) is 19.2 Å². The zero-order chi connectivity index (χ0) is 15.2. The molecule has 1 aromatic heterocycles. The Morgan fingerprint density at radius 3 is 2.32 bits per heavy atom. The average Bonchev–Trinajstić information content (AvgIpc) is 2.57. The number of aromatic nitrogens is 2. The number of anilines is 1. The third-order valence-corrected chi connectivity index (χ3v) is 3.92. The summed E-state index contributed by atoms with van der Waals surface area (Å²) in [4.78, 5) is 20.6. The molecule has 0 amide bonds. The van der Waals surface area contributed by atoms with Gasteiger partial charge in [0.1, 0.15) is 5.82 Å². The third kappa shape index (κ3) is 4.26. The number of hydrogen-bond acceptors (Lipinski definition) is 7. The van der Waals surface area contributed by atoms with Gasteiger partial charge in [-0.2, -0.15) is 4.98 Å². The van der Waals surface area contributed by atoms with Crippen molar-refractivity contribution in [2.75, 3.05) is 64.6 Å². The molecular weight excluding hydrogens is 286 g/mol. The van der Waals surface area contributed by atoms with Gasteiger partial charge in [-0.3, -0.25) is 14.4 Å².